The number of hydrogen-bond donors (Lipinski definition) is 1. The quantitative estimate of drug-likeness (QED) is 0.761. The summed E-state index contributed by atoms with van der Waals surface area (Å²) in [7, 11) is 2.06. The third kappa shape index (κ3) is 3.18. The highest BCUT2D eigenvalue weighted by molar-refractivity contribution is 5.96. The van der Waals surface area contributed by atoms with Gasteiger partial charge in [0.1, 0.15) is 17.8 Å². The highest BCUT2D eigenvalue weighted by Crippen LogP contribution is 2.27. The van der Waals surface area contributed by atoms with Gasteiger partial charge in [0.05, 0.1) is 17.0 Å². The lowest BCUT2D eigenvalue weighted by Gasteiger charge is -2.37. The first-order valence-electron chi connectivity index (χ1n) is 9.39. The highest BCUT2D eigenvalue weighted by atomic mass is 16.2. The van der Waals surface area contributed by atoms with Crippen molar-refractivity contribution in [2.75, 3.05) is 25.0 Å². The Morgan fingerprint density at radius 2 is 2.07 bits per heavy atom. The number of aromatic amines is 1. The predicted octanol–water partition coefficient (Wildman–Crippen LogP) is 2.88. The van der Waals surface area contributed by atoms with Gasteiger partial charge in [-0.2, -0.15) is 5.26 Å². The number of hydrogen-bond acceptors (Lipinski definition) is 5. The molecule has 28 heavy (non-hydrogen) atoms. The van der Waals surface area contributed by atoms with Gasteiger partial charge >= 0.3 is 0 Å². The first-order valence-corrected chi connectivity index (χ1v) is 9.39. The van der Waals surface area contributed by atoms with Crippen LogP contribution in [0, 0.1) is 18.3 Å². The number of rotatable bonds is 3. The number of H-pyrrole nitrogens is 1. The first kappa shape index (κ1) is 18.0. The van der Waals surface area contributed by atoms with Gasteiger partial charge in [-0.25, -0.2) is 9.97 Å². The molecule has 1 N–H and O–H groups in total. The SMILES string of the molecule is Cc1cc(C#N)ccc1C(=O)N1CCC(N(C)c2ncnc3[nH]ccc23)CC1. The van der Waals surface area contributed by atoms with Gasteiger partial charge in [0.15, 0.2) is 0 Å². The highest BCUT2D eigenvalue weighted by Gasteiger charge is 2.28. The number of piperidine rings is 1. The molecule has 0 aliphatic carbocycles. The second kappa shape index (κ2) is 7.31. The number of carbonyl (C=O) groups is 1. The van der Waals surface area contributed by atoms with Gasteiger partial charge in [-0.3, -0.25) is 4.79 Å². The van der Waals surface area contributed by atoms with E-state index < -0.39 is 0 Å². The number of likely N-dealkylation sites (tertiary alicyclic amines) is 1. The number of nitrogens with one attached hydrogen (secondary N) is 1. The van der Waals surface area contributed by atoms with Crippen molar-refractivity contribution < 1.29 is 4.79 Å². The van der Waals surface area contributed by atoms with Gasteiger partial charge in [0.25, 0.3) is 5.91 Å². The third-order valence-corrected chi connectivity index (χ3v) is 5.55. The van der Waals surface area contributed by atoms with E-state index in [4.69, 9.17) is 5.26 Å². The number of amides is 1. The first-order chi connectivity index (χ1) is 13.6. The lowest BCUT2D eigenvalue weighted by atomic mass is 10.00. The number of carbonyl (C=O) groups excluding carboxylic acids is 1. The lowest BCUT2D eigenvalue weighted by molar-refractivity contribution is 0.0712. The number of nitrogens with zero attached hydrogens (tertiary/aromatic N) is 5. The number of aryl methyl sites for hydroxylation is 1. The Labute approximate surface area is 163 Å². The van der Waals surface area contributed by atoms with Gasteiger partial charge in [-0.15, -0.1) is 0 Å². The van der Waals surface area contributed by atoms with Crippen molar-refractivity contribution in [1.82, 2.24) is 19.9 Å². The summed E-state index contributed by atoms with van der Waals surface area (Å²) in [5.41, 5.74) is 2.94. The number of benzene rings is 1. The molecular weight excluding hydrogens is 352 g/mol. The molecule has 0 spiro atoms. The molecule has 1 saturated heterocycles. The Bertz CT molecular complexity index is 1060. The van der Waals surface area contributed by atoms with Gasteiger partial charge in [0, 0.05) is 37.9 Å². The molecule has 0 saturated carbocycles. The molecule has 142 valence electrons. The molecule has 0 atom stereocenters. The lowest BCUT2D eigenvalue weighted by Crippen LogP contribution is -2.46. The summed E-state index contributed by atoms with van der Waals surface area (Å²) in [5.74, 6) is 0.956. The largest absolute Gasteiger partial charge is 0.356 e. The van der Waals surface area contributed by atoms with E-state index in [0.29, 0.717) is 30.3 Å². The van der Waals surface area contributed by atoms with E-state index in [1.165, 1.54) is 0 Å². The molecule has 1 aliphatic heterocycles. The molecule has 3 aromatic rings. The second-order valence-electron chi connectivity index (χ2n) is 7.21. The van der Waals surface area contributed by atoms with Gasteiger partial charge in [-0.05, 0) is 49.6 Å². The second-order valence-corrected chi connectivity index (χ2v) is 7.21. The summed E-state index contributed by atoms with van der Waals surface area (Å²) in [6.07, 6.45) is 5.22. The third-order valence-electron chi connectivity index (χ3n) is 5.55. The Hall–Kier alpha value is -3.40. The van der Waals surface area contributed by atoms with E-state index in [0.717, 1.165) is 35.3 Å². The molecule has 1 aromatic carbocycles. The Morgan fingerprint density at radius 3 is 2.79 bits per heavy atom. The van der Waals surface area contributed by atoms with E-state index in [9.17, 15) is 4.79 Å². The van der Waals surface area contributed by atoms with Crippen LogP contribution in [0.15, 0.2) is 36.8 Å². The van der Waals surface area contributed by atoms with Crippen molar-refractivity contribution in [3.8, 4) is 6.07 Å². The van der Waals surface area contributed by atoms with Crippen LogP contribution in [0.25, 0.3) is 11.0 Å². The van der Waals surface area contributed by atoms with E-state index >= 15 is 0 Å². The maximum Gasteiger partial charge on any atom is 0.254 e. The van der Waals surface area contributed by atoms with E-state index in [2.05, 4.69) is 33.0 Å². The van der Waals surface area contributed by atoms with Gasteiger partial charge < -0.3 is 14.8 Å². The van der Waals surface area contributed by atoms with Crippen LogP contribution < -0.4 is 4.90 Å². The van der Waals surface area contributed by atoms with Crippen molar-refractivity contribution in [2.24, 2.45) is 0 Å². The van der Waals surface area contributed by atoms with E-state index in [1.54, 1.807) is 24.5 Å². The zero-order valence-corrected chi connectivity index (χ0v) is 16.0. The van der Waals surface area contributed by atoms with Crippen LogP contribution in [-0.4, -0.2) is 51.9 Å². The standard InChI is InChI=1S/C21H22N6O/c1-14-11-15(12-22)3-4-17(14)21(28)27-9-6-16(7-10-27)26(2)20-18-5-8-23-19(18)24-13-25-20/h3-5,8,11,13,16H,6-7,9-10H2,1-2H3,(H,23,24,25). The summed E-state index contributed by atoms with van der Waals surface area (Å²) < 4.78 is 0. The van der Waals surface area contributed by atoms with Gasteiger partial charge in [-0.1, -0.05) is 0 Å². The molecule has 7 heteroatoms. The minimum Gasteiger partial charge on any atom is -0.356 e. The number of fused-ring (bicyclic) bond motifs is 1. The van der Waals surface area contributed by atoms with Crippen molar-refractivity contribution in [1.29, 1.82) is 5.26 Å². The van der Waals surface area contributed by atoms with E-state index in [1.807, 2.05) is 24.1 Å². The van der Waals surface area contributed by atoms with Crippen LogP contribution in [0.3, 0.4) is 0 Å². The molecular formula is C21H22N6O. The molecule has 0 radical (unpaired) electrons. The fourth-order valence-corrected chi connectivity index (χ4v) is 3.91. The Balaban J connectivity index is 1.45. The fraction of sp³-hybridized carbons (Fsp3) is 0.333. The van der Waals surface area contributed by atoms with Crippen LogP contribution in [0.1, 0.15) is 34.3 Å². The van der Waals surface area contributed by atoms with Crippen molar-refractivity contribution in [3.63, 3.8) is 0 Å². The topological polar surface area (TPSA) is 88.9 Å². The van der Waals surface area contributed by atoms with E-state index in [-0.39, 0.29) is 5.91 Å². The molecule has 1 fully saturated rings. The summed E-state index contributed by atoms with van der Waals surface area (Å²) >= 11 is 0. The maximum atomic E-state index is 12.9. The molecule has 4 rings (SSSR count). The molecule has 0 unspecified atom stereocenters. The average molecular weight is 374 g/mol. The zero-order valence-electron chi connectivity index (χ0n) is 16.0. The number of nitriles is 1. The molecule has 1 amide bonds. The zero-order chi connectivity index (χ0) is 19.7. The van der Waals surface area contributed by atoms with Gasteiger partial charge in [0.2, 0.25) is 0 Å². The van der Waals surface area contributed by atoms with Crippen LogP contribution >= 0.6 is 0 Å². The van der Waals surface area contributed by atoms with Crippen LogP contribution in [0.2, 0.25) is 0 Å². The molecule has 0 bridgehead atoms. The number of anilines is 1. The van der Waals surface area contributed by atoms with Crippen molar-refractivity contribution >= 4 is 22.8 Å². The number of aromatic nitrogens is 3. The summed E-state index contributed by atoms with van der Waals surface area (Å²) in [5, 5.41) is 10.0. The fourth-order valence-electron chi connectivity index (χ4n) is 3.91. The smallest absolute Gasteiger partial charge is 0.254 e. The predicted molar refractivity (Wildman–Crippen MR) is 107 cm³/mol. The maximum absolute atomic E-state index is 12.9. The molecule has 7 nitrogen and oxygen atoms in total. The van der Waals surface area contributed by atoms with Crippen LogP contribution in [0.4, 0.5) is 5.82 Å². The van der Waals surface area contributed by atoms with Crippen LogP contribution in [0.5, 0.6) is 0 Å². The van der Waals surface area contributed by atoms with Crippen LogP contribution in [-0.2, 0) is 0 Å². The minimum atomic E-state index is 0.0400. The molecule has 1 aliphatic rings. The normalized spacial score (nSPS) is 14.8. The molecule has 3 heterocycles. The summed E-state index contributed by atoms with van der Waals surface area (Å²) in [6, 6.07) is 9.66. The average Bonchev–Trinajstić information content (AvgIpc) is 3.21. The Morgan fingerprint density at radius 1 is 1.29 bits per heavy atom. The monoisotopic (exact) mass is 374 g/mol. The van der Waals surface area contributed by atoms with Crippen molar-refractivity contribution in [3.05, 3.63) is 53.5 Å². The summed E-state index contributed by atoms with van der Waals surface area (Å²) in [4.78, 5) is 28.9. The minimum absolute atomic E-state index is 0.0400. The Kier molecular flexibility index (Phi) is 4.70. The van der Waals surface area contributed by atoms with Crippen molar-refractivity contribution in [2.45, 2.75) is 25.8 Å². The molecule has 2 aromatic heterocycles. The summed E-state index contributed by atoms with van der Waals surface area (Å²) in [6.45, 7) is 3.29.